The first-order valence-corrected chi connectivity index (χ1v) is 8.46. The van der Waals surface area contributed by atoms with Crippen LogP contribution in [-0.2, 0) is 6.54 Å². The van der Waals surface area contributed by atoms with Crippen molar-refractivity contribution < 1.29 is 0 Å². The first-order valence-electron chi connectivity index (χ1n) is 6.50. The fourth-order valence-electron chi connectivity index (χ4n) is 2.29. The van der Waals surface area contributed by atoms with Crippen LogP contribution in [0, 0.1) is 0 Å². The normalized spacial score (nSPS) is 10.8. The second kappa shape index (κ2) is 6.39. The highest BCUT2D eigenvalue weighted by atomic mass is 79.9. The predicted octanol–water partition coefficient (Wildman–Crippen LogP) is 6.63. The zero-order valence-electron chi connectivity index (χ0n) is 11.0. The van der Waals surface area contributed by atoms with Gasteiger partial charge in [0.25, 0.3) is 0 Å². The van der Waals surface area contributed by atoms with E-state index in [1.54, 1.807) is 0 Å². The molecule has 21 heavy (non-hydrogen) atoms. The van der Waals surface area contributed by atoms with Crippen LogP contribution in [0.15, 0.2) is 63.5 Å². The Morgan fingerprint density at radius 2 is 1.57 bits per heavy atom. The molecule has 0 aliphatic rings. The molecule has 0 saturated heterocycles. The Bertz CT molecular complexity index is 802. The second-order valence-corrected chi connectivity index (χ2v) is 6.87. The Labute approximate surface area is 145 Å². The smallest absolute Gasteiger partial charge is 0.0423 e. The van der Waals surface area contributed by atoms with E-state index in [0.29, 0.717) is 6.54 Å². The van der Waals surface area contributed by atoms with E-state index in [2.05, 4.69) is 67.5 Å². The van der Waals surface area contributed by atoms with Crippen molar-refractivity contribution in [2.24, 2.45) is 0 Å². The summed E-state index contributed by atoms with van der Waals surface area (Å²) in [6, 6.07) is 18.3. The third-order valence-electron chi connectivity index (χ3n) is 3.35. The zero-order chi connectivity index (χ0) is 14.8. The molecule has 106 valence electrons. The number of hydrogen-bond donors (Lipinski definition) is 1. The van der Waals surface area contributed by atoms with Crippen molar-refractivity contribution in [3.8, 4) is 0 Å². The number of anilines is 1. The van der Waals surface area contributed by atoms with Crippen molar-refractivity contribution in [3.63, 3.8) is 0 Å². The minimum Gasteiger partial charge on any atom is -0.380 e. The van der Waals surface area contributed by atoms with Crippen molar-refractivity contribution in [2.75, 3.05) is 5.32 Å². The Morgan fingerprint density at radius 3 is 2.38 bits per heavy atom. The van der Waals surface area contributed by atoms with Gasteiger partial charge in [-0.2, -0.15) is 0 Å². The van der Waals surface area contributed by atoms with Gasteiger partial charge in [0.2, 0.25) is 0 Å². The van der Waals surface area contributed by atoms with Crippen molar-refractivity contribution in [2.45, 2.75) is 6.54 Å². The molecule has 0 aliphatic heterocycles. The monoisotopic (exact) mass is 423 g/mol. The van der Waals surface area contributed by atoms with E-state index in [9.17, 15) is 0 Å². The standard InChI is InChI=1S/C17H12Br2ClN/c18-15-6-5-12(20)9-11(15)10-21-17-8-7-16(19)13-3-1-2-4-14(13)17/h1-9,21H,10H2. The average Bonchev–Trinajstić information content (AvgIpc) is 2.50. The highest BCUT2D eigenvalue weighted by Gasteiger charge is 2.05. The van der Waals surface area contributed by atoms with Gasteiger partial charge in [-0.3, -0.25) is 0 Å². The molecule has 1 N–H and O–H groups in total. The van der Waals surface area contributed by atoms with Gasteiger partial charge in [-0.25, -0.2) is 0 Å². The largest absolute Gasteiger partial charge is 0.380 e. The van der Waals surface area contributed by atoms with E-state index < -0.39 is 0 Å². The highest BCUT2D eigenvalue weighted by molar-refractivity contribution is 9.11. The Hall–Kier alpha value is -1.03. The van der Waals surface area contributed by atoms with Crippen LogP contribution in [0.2, 0.25) is 5.02 Å². The van der Waals surface area contributed by atoms with Crippen LogP contribution in [0.25, 0.3) is 10.8 Å². The van der Waals surface area contributed by atoms with E-state index in [1.165, 1.54) is 10.8 Å². The first-order chi connectivity index (χ1) is 10.1. The van der Waals surface area contributed by atoms with Gasteiger partial charge in [-0.15, -0.1) is 0 Å². The number of rotatable bonds is 3. The summed E-state index contributed by atoms with van der Waals surface area (Å²) in [5, 5.41) is 6.64. The summed E-state index contributed by atoms with van der Waals surface area (Å²) in [7, 11) is 0. The summed E-state index contributed by atoms with van der Waals surface area (Å²) >= 11 is 13.2. The van der Waals surface area contributed by atoms with Gasteiger partial charge in [0.1, 0.15) is 0 Å². The maximum Gasteiger partial charge on any atom is 0.0423 e. The fourth-order valence-corrected chi connectivity index (χ4v) is 3.35. The van der Waals surface area contributed by atoms with Crippen LogP contribution in [0.3, 0.4) is 0 Å². The zero-order valence-corrected chi connectivity index (χ0v) is 15.0. The first kappa shape index (κ1) is 14.9. The molecule has 0 aromatic heterocycles. The molecule has 3 aromatic carbocycles. The molecule has 0 bridgehead atoms. The SMILES string of the molecule is Clc1ccc(Br)c(CNc2ccc(Br)c3ccccc23)c1. The molecule has 1 nitrogen and oxygen atoms in total. The number of halogens is 3. The van der Waals surface area contributed by atoms with Crippen LogP contribution >= 0.6 is 43.5 Å². The number of fused-ring (bicyclic) bond motifs is 1. The van der Waals surface area contributed by atoms with E-state index in [4.69, 9.17) is 11.6 Å². The number of nitrogens with one attached hydrogen (secondary N) is 1. The predicted molar refractivity (Wildman–Crippen MR) is 98.1 cm³/mol. The second-order valence-electron chi connectivity index (χ2n) is 4.73. The molecule has 4 heteroatoms. The minimum absolute atomic E-state index is 0.715. The molecular formula is C17H12Br2ClN. The quantitative estimate of drug-likeness (QED) is 0.497. The number of hydrogen-bond acceptors (Lipinski definition) is 1. The summed E-state index contributed by atoms with van der Waals surface area (Å²) in [4.78, 5) is 0. The van der Waals surface area contributed by atoms with E-state index in [-0.39, 0.29) is 0 Å². The topological polar surface area (TPSA) is 12.0 Å². The van der Waals surface area contributed by atoms with Crippen LogP contribution in [0.1, 0.15) is 5.56 Å². The highest BCUT2D eigenvalue weighted by Crippen LogP contribution is 2.31. The minimum atomic E-state index is 0.715. The van der Waals surface area contributed by atoms with Crippen molar-refractivity contribution in [3.05, 3.63) is 74.1 Å². The maximum absolute atomic E-state index is 6.06. The van der Waals surface area contributed by atoms with Crippen molar-refractivity contribution in [1.82, 2.24) is 0 Å². The van der Waals surface area contributed by atoms with E-state index in [0.717, 1.165) is 25.2 Å². The molecule has 0 amide bonds. The molecule has 0 saturated carbocycles. The van der Waals surface area contributed by atoms with Crippen LogP contribution in [0.5, 0.6) is 0 Å². The molecule has 0 radical (unpaired) electrons. The molecule has 0 unspecified atom stereocenters. The molecule has 0 atom stereocenters. The van der Waals surface area contributed by atoms with Crippen molar-refractivity contribution >= 4 is 59.9 Å². The van der Waals surface area contributed by atoms with Gasteiger partial charge in [0, 0.05) is 31.6 Å². The fraction of sp³-hybridized carbons (Fsp3) is 0.0588. The van der Waals surface area contributed by atoms with Crippen LogP contribution < -0.4 is 5.32 Å². The third kappa shape index (κ3) is 3.25. The van der Waals surface area contributed by atoms with Crippen LogP contribution in [-0.4, -0.2) is 0 Å². The molecule has 0 spiro atoms. The average molecular weight is 426 g/mol. The van der Waals surface area contributed by atoms with Crippen LogP contribution in [0.4, 0.5) is 5.69 Å². The lowest BCUT2D eigenvalue weighted by Gasteiger charge is -2.12. The summed E-state index contributed by atoms with van der Waals surface area (Å²) in [5.74, 6) is 0. The lowest BCUT2D eigenvalue weighted by atomic mass is 10.1. The summed E-state index contributed by atoms with van der Waals surface area (Å²) in [6.45, 7) is 0.715. The maximum atomic E-state index is 6.06. The van der Waals surface area contributed by atoms with Gasteiger partial charge in [0.05, 0.1) is 0 Å². The molecule has 0 fully saturated rings. The molecule has 0 aliphatic carbocycles. The van der Waals surface area contributed by atoms with Crippen molar-refractivity contribution in [1.29, 1.82) is 0 Å². The Kier molecular flexibility index (Phi) is 4.53. The Balaban J connectivity index is 1.92. The molecule has 0 heterocycles. The van der Waals surface area contributed by atoms with Gasteiger partial charge in [-0.1, -0.05) is 67.7 Å². The number of benzene rings is 3. The Morgan fingerprint density at radius 1 is 0.857 bits per heavy atom. The third-order valence-corrected chi connectivity index (χ3v) is 5.05. The van der Waals surface area contributed by atoms with E-state index >= 15 is 0 Å². The summed E-state index contributed by atoms with van der Waals surface area (Å²) in [6.07, 6.45) is 0. The van der Waals surface area contributed by atoms with Gasteiger partial charge in [0.15, 0.2) is 0 Å². The van der Waals surface area contributed by atoms with E-state index in [1.807, 2.05) is 24.3 Å². The van der Waals surface area contributed by atoms with Gasteiger partial charge in [-0.05, 0) is 41.3 Å². The van der Waals surface area contributed by atoms with Gasteiger partial charge < -0.3 is 5.32 Å². The lowest BCUT2D eigenvalue weighted by molar-refractivity contribution is 1.14. The summed E-state index contributed by atoms with van der Waals surface area (Å²) in [5.41, 5.74) is 2.25. The molecular weight excluding hydrogens is 413 g/mol. The molecule has 3 rings (SSSR count). The summed E-state index contributed by atoms with van der Waals surface area (Å²) < 4.78 is 2.16. The lowest BCUT2D eigenvalue weighted by Crippen LogP contribution is -2.01. The van der Waals surface area contributed by atoms with Gasteiger partial charge >= 0.3 is 0 Å². The molecule has 3 aromatic rings.